The molecule has 3 rings (SSSR count). The molecule has 0 bridgehead atoms. The molecule has 0 spiro atoms. The largest absolute Gasteiger partial charge is 0.290 e. The molecule has 0 aliphatic rings. The summed E-state index contributed by atoms with van der Waals surface area (Å²) in [7, 11) is 0. The summed E-state index contributed by atoms with van der Waals surface area (Å²) in [5.41, 5.74) is 1.89. The lowest BCUT2D eigenvalue weighted by Crippen LogP contribution is -1.97. The summed E-state index contributed by atoms with van der Waals surface area (Å²) in [4.78, 5) is 12.8. The molecule has 0 aliphatic heterocycles. The van der Waals surface area contributed by atoms with E-state index in [0.29, 0.717) is 0 Å². The number of hydrogen-bond acceptors (Lipinski definition) is 3. The Hall–Kier alpha value is -1.75. The topological polar surface area (TPSA) is 43.6 Å². The van der Waals surface area contributed by atoms with Gasteiger partial charge in [-0.1, -0.05) is 15.9 Å². The van der Waals surface area contributed by atoms with E-state index in [4.69, 9.17) is 0 Å². The molecule has 1 aromatic carbocycles. The maximum atomic E-state index is 4.32. The number of nitrogens with zero attached hydrogens (tertiary/aromatic N) is 4. The molecular weight excluding hydrogens is 280 g/mol. The maximum absolute atomic E-state index is 4.32. The lowest BCUT2D eigenvalue weighted by molar-refractivity contribution is 0.992. The number of benzene rings is 1. The van der Waals surface area contributed by atoms with Crippen LogP contribution in [0.2, 0.25) is 0 Å². The summed E-state index contributed by atoms with van der Waals surface area (Å²) in [6.07, 6.45) is 5.28. The molecule has 5 heteroatoms. The third-order valence-corrected chi connectivity index (χ3v) is 3.03. The van der Waals surface area contributed by atoms with Crippen LogP contribution in [0.5, 0.6) is 0 Å². The Morgan fingerprint density at radius 3 is 2.82 bits per heavy atom. The zero-order valence-corrected chi connectivity index (χ0v) is 10.7. The molecule has 3 aromatic rings. The fraction of sp³-hybridized carbons (Fsp3) is 0.0833. The van der Waals surface area contributed by atoms with E-state index in [1.54, 1.807) is 12.7 Å². The molecule has 0 saturated carbocycles. The normalized spacial score (nSPS) is 10.9. The molecule has 0 atom stereocenters. The van der Waals surface area contributed by atoms with Crippen LogP contribution in [0.25, 0.3) is 16.7 Å². The Labute approximate surface area is 106 Å². The fourth-order valence-electron chi connectivity index (χ4n) is 1.76. The van der Waals surface area contributed by atoms with Crippen molar-refractivity contribution in [2.75, 3.05) is 0 Å². The first-order valence-corrected chi connectivity index (χ1v) is 5.94. The Bertz CT molecular complexity index is 690. The van der Waals surface area contributed by atoms with Crippen molar-refractivity contribution in [3.8, 4) is 5.82 Å². The molecule has 0 amide bonds. The van der Waals surface area contributed by atoms with Crippen molar-refractivity contribution in [2.24, 2.45) is 0 Å². The van der Waals surface area contributed by atoms with Gasteiger partial charge in [0.05, 0.1) is 11.2 Å². The second-order valence-corrected chi connectivity index (χ2v) is 4.70. The highest BCUT2D eigenvalue weighted by molar-refractivity contribution is 9.10. The minimum Gasteiger partial charge on any atom is -0.290 e. The molecule has 17 heavy (non-hydrogen) atoms. The van der Waals surface area contributed by atoms with Crippen molar-refractivity contribution in [3.63, 3.8) is 0 Å². The average molecular weight is 289 g/mol. The van der Waals surface area contributed by atoms with Crippen LogP contribution in [-0.2, 0) is 0 Å². The molecule has 0 radical (unpaired) electrons. The van der Waals surface area contributed by atoms with Gasteiger partial charge < -0.3 is 0 Å². The van der Waals surface area contributed by atoms with Gasteiger partial charge in [-0.05, 0) is 25.1 Å². The van der Waals surface area contributed by atoms with Gasteiger partial charge in [-0.25, -0.2) is 15.0 Å². The summed E-state index contributed by atoms with van der Waals surface area (Å²) in [6.45, 7) is 1.95. The monoisotopic (exact) mass is 288 g/mol. The highest BCUT2D eigenvalue weighted by Crippen LogP contribution is 2.22. The second-order valence-electron chi connectivity index (χ2n) is 3.78. The van der Waals surface area contributed by atoms with Crippen molar-refractivity contribution in [3.05, 3.63) is 47.2 Å². The standard InChI is InChI=1S/C12H9BrN4/c1-8-5-17(7-16-8)12-10-4-9(13)2-3-11(10)14-6-15-12/h2-7H,1H3. The van der Waals surface area contributed by atoms with E-state index in [0.717, 1.165) is 26.9 Å². The van der Waals surface area contributed by atoms with Crippen molar-refractivity contribution in [1.82, 2.24) is 19.5 Å². The number of hydrogen-bond donors (Lipinski definition) is 0. The van der Waals surface area contributed by atoms with Gasteiger partial charge in [0.1, 0.15) is 18.5 Å². The number of halogens is 1. The van der Waals surface area contributed by atoms with Gasteiger partial charge in [-0.15, -0.1) is 0 Å². The van der Waals surface area contributed by atoms with Crippen LogP contribution < -0.4 is 0 Å². The molecule has 0 unspecified atom stereocenters. The Kier molecular flexibility index (Phi) is 2.40. The second kappa shape index (κ2) is 3.92. The molecule has 0 fully saturated rings. The molecule has 0 N–H and O–H groups in total. The van der Waals surface area contributed by atoms with E-state index < -0.39 is 0 Å². The maximum Gasteiger partial charge on any atom is 0.149 e. The van der Waals surface area contributed by atoms with Crippen LogP contribution in [0.15, 0.2) is 41.5 Å². The van der Waals surface area contributed by atoms with E-state index in [-0.39, 0.29) is 0 Å². The van der Waals surface area contributed by atoms with E-state index in [9.17, 15) is 0 Å². The Morgan fingerprint density at radius 2 is 2.06 bits per heavy atom. The van der Waals surface area contributed by atoms with E-state index in [1.807, 2.05) is 35.9 Å². The van der Waals surface area contributed by atoms with E-state index in [1.165, 1.54) is 0 Å². The van der Waals surface area contributed by atoms with Crippen LogP contribution in [0.1, 0.15) is 5.69 Å². The lowest BCUT2D eigenvalue weighted by Gasteiger charge is -2.05. The van der Waals surface area contributed by atoms with Crippen LogP contribution >= 0.6 is 15.9 Å². The summed E-state index contributed by atoms with van der Waals surface area (Å²) < 4.78 is 2.92. The van der Waals surface area contributed by atoms with Crippen LogP contribution in [0.3, 0.4) is 0 Å². The molecule has 2 heterocycles. The van der Waals surface area contributed by atoms with Gasteiger partial charge in [0.2, 0.25) is 0 Å². The van der Waals surface area contributed by atoms with Crippen molar-refractivity contribution in [2.45, 2.75) is 6.92 Å². The molecule has 0 aliphatic carbocycles. The first-order valence-electron chi connectivity index (χ1n) is 5.15. The number of fused-ring (bicyclic) bond motifs is 1. The number of rotatable bonds is 1. The van der Waals surface area contributed by atoms with Gasteiger partial charge in [0.15, 0.2) is 0 Å². The predicted octanol–water partition coefficient (Wildman–Crippen LogP) is 2.89. The van der Waals surface area contributed by atoms with E-state index >= 15 is 0 Å². The molecule has 0 saturated heterocycles. The highest BCUT2D eigenvalue weighted by atomic mass is 79.9. The van der Waals surface area contributed by atoms with Crippen molar-refractivity contribution >= 4 is 26.8 Å². The SMILES string of the molecule is Cc1cn(-c2ncnc3ccc(Br)cc23)cn1. The van der Waals surface area contributed by atoms with Gasteiger partial charge in [-0.3, -0.25) is 4.57 Å². The van der Waals surface area contributed by atoms with Gasteiger partial charge in [0.25, 0.3) is 0 Å². The number of aromatic nitrogens is 4. The zero-order valence-electron chi connectivity index (χ0n) is 9.13. The van der Waals surface area contributed by atoms with Crippen molar-refractivity contribution in [1.29, 1.82) is 0 Å². The van der Waals surface area contributed by atoms with E-state index in [2.05, 4.69) is 30.9 Å². The summed E-state index contributed by atoms with van der Waals surface area (Å²) >= 11 is 3.46. The number of imidazole rings is 1. The third-order valence-electron chi connectivity index (χ3n) is 2.53. The summed E-state index contributed by atoms with van der Waals surface area (Å²) in [5, 5.41) is 0.999. The quantitative estimate of drug-likeness (QED) is 0.692. The first-order chi connectivity index (χ1) is 8.24. The van der Waals surface area contributed by atoms with Gasteiger partial charge in [0, 0.05) is 16.1 Å². The van der Waals surface area contributed by atoms with Crippen LogP contribution in [-0.4, -0.2) is 19.5 Å². The molecule has 2 aromatic heterocycles. The van der Waals surface area contributed by atoms with Gasteiger partial charge >= 0.3 is 0 Å². The third kappa shape index (κ3) is 1.82. The average Bonchev–Trinajstić information content (AvgIpc) is 2.75. The zero-order chi connectivity index (χ0) is 11.8. The minimum absolute atomic E-state index is 0.844. The van der Waals surface area contributed by atoms with Gasteiger partial charge in [-0.2, -0.15) is 0 Å². The summed E-state index contributed by atoms with van der Waals surface area (Å²) in [6, 6.07) is 5.95. The van der Waals surface area contributed by atoms with Crippen molar-refractivity contribution < 1.29 is 0 Å². The first kappa shape index (κ1) is 10.4. The molecule has 84 valence electrons. The Balaban J connectivity index is 2.32. The predicted molar refractivity (Wildman–Crippen MR) is 69.1 cm³/mol. The highest BCUT2D eigenvalue weighted by Gasteiger charge is 2.06. The summed E-state index contributed by atoms with van der Waals surface area (Å²) in [5.74, 6) is 0.844. The lowest BCUT2D eigenvalue weighted by atomic mass is 10.2. The smallest absolute Gasteiger partial charge is 0.149 e. The van der Waals surface area contributed by atoms with Crippen LogP contribution in [0, 0.1) is 6.92 Å². The van der Waals surface area contributed by atoms with Crippen LogP contribution in [0.4, 0.5) is 0 Å². The Morgan fingerprint density at radius 1 is 1.18 bits per heavy atom. The number of aryl methyl sites for hydroxylation is 1. The molecule has 4 nitrogen and oxygen atoms in total. The molecular formula is C12H9BrN4. The fourth-order valence-corrected chi connectivity index (χ4v) is 2.12. The minimum atomic E-state index is 0.844.